The number of nitrogens with zero attached hydrogens (tertiary/aromatic N) is 1. The molecule has 26 N–H and O–H groups in total. The molecule has 0 radical (unpaired) electrons. The Morgan fingerprint density at radius 1 is 0.643 bits per heavy atom. The van der Waals surface area contributed by atoms with E-state index in [1.807, 2.05) is 45.3 Å². The van der Waals surface area contributed by atoms with E-state index in [-0.39, 0.29) is 52.6 Å². The van der Waals surface area contributed by atoms with E-state index in [9.17, 15) is 101 Å². The van der Waals surface area contributed by atoms with Crippen LogP contribution >= 0.6 is 23.2 Å². The van der Waals surface area contributed by atoms with Crippen molar-refractivity contribution in [1.82, 2.24) is 37.2 Å². The maximum absolute atomic E-state index is 16.7. The quantitative estimate of drug-likeness (QED) is 0.0190. The predicted molar refractivity (Wildman–Crippen MR) is 503 cm³/mol. The Kier molecular flexibility index (Phi) is 38.6. The van der Waals surface area contributed by atoms with Gasteiger partial charge in [0.25, 0.3) is 5.91 Å². The van der Waals surface area contributed by atoms with E-state index >= 15 is 28.8 Å². The van der Waals surface area contributed by atoms with Crippen molar-refractivity contribution in [3.8, 4) is 57.1 Å². The number of benzene rings is 5. The number of carbonyl (C=O) groups is 9. The number of fused-ring (bicyclic) bond motifs is 15. The smallest absolute Gasteiger partial charge is 0.251 e. The molecule has 7 amide bonds. The van der Waals surface area contributed by atoms with Gasteiger partial charge in [0.1, 0.15) is 133 Å². The number of hydrogen-bond acceptors (Lipinski definition) is 35. The Morgan fingerprint density at radius 3 is 1.89 bits per heavy atom. The summed E-state index contributed by atoms with van der Waals surface area (Å²) in [5.74, 6) is -20.2. The fourth-order valence-electron chi connectivity index (χ4n) is 18.5. The van der Waals surface area contributed by atoms with Crippen molar-refractivity contribution in [2.75, 3.05) is 40.0 Å². The number of likely N-dealkylation sites (N-methyl/N-ethyl adjacent to an activating group) is 1. The van der Waals surface area contributed by atoms with E-state index in [4.69, 9.17) is 66.8 Å². The van der Waals surface area contributed by atoms with Crippen molar-refractivity contribution in [3.05, 3.63) is 147 Å². The maximum atomic E-state index is 16.7. The van der Waals surface area contributed by atoms with Crippen molar-refractivity contribution < 1.29 is 172 Å². The Labute approximate surface area is 832 Å². The summed E-state index contributed by atoms with van der Waals surface area (Å²) >= 11 is 14.5. The third-order valence-electron chi connectivity index (χ3n) is 26.7. The number of halogens is 2. The van der Waals surface area contributed by atoms with Crippen LogP contribution in [0.25, 0.3) is 11.1 Å². The molecule has 0 spiro atoms. The number of hydrogen-bond donors (Lipinski definition) is 25. The lowest BCUT2D eigenvalue weighted by atomic mass is 9.73. The highest BCUT2D eigenvalue weighted by atomic mass is 35.5. The summed E-state index contributed by atoms with van der Waals surface area (Å²) < 4.78 is 52.8. The molecule has 5 aromatic carbocycles. The Morgan fingerprint density at radius 2 is 1.27 bits per heavy atom. The van der Waals surface area contributed by atoms with Crippen LogP contribution in [-0.4, -0.2) is 302 Å². The SMILES string of the molecule is CCCCCCCC[n+]1ccc(CCC2(C)CC(OC3C(Oc4c5cc6cc4Oc4ccc(cc4Cl)C(O)C4NC(=O)[C@@H](CC(=O)[C@@H]6NC(=O)C(CC(N)=O)CC(=O)C(NC(=O)C(CC(C)C)NC)C(O)c6ccc(c(Cl)c6)O5)c5ccc(O)c(c5)-c5c(O)cc(O)cc5[C@@H](C(=O)NCCCNC(=O)C(O)C(O)C(O[C@H]5OC(CO)C(O)C(O)C5O)C(O)CO)NC4=O)OC(CO)C(O)C3O)OC(C)C2O)cc1. The first kappa shape index (κ1) is 111. The largest absolute Gasteiger partial charge is 0.508 e. The number of unbranched alkanes of at least 4 members (excludes halogenated alkanes) is 5. The summed E-state index contributed by atoms with van der Waals surface area (Å²) in [6.45, 7) is 5.99. The highest BCUT2D eigenvalue weighted by Gasteiger charge is 2.54. The van der Waals surface area contributed by atoms with Gasteiger partial charge < -0.3 is 168 Å². The lowest BCUT2D eigenvalue weighted by molar-refractivity contribution is -0.697. The molecule has 8 aliphatic rings. The van der Waals surface area contributed by atoms with Gasteiger partial charge in [-0.15, -0.1) is 0 Å². The molecule has 8 aliphatic heterocycles. The number of primary amides is 1. The van der Waals surface area contributed by atoms with Crippen molar-refractivity contribution in [3.63, 3.8) is 0 Å². The Hall–Kier alpha value is -10.5. The summed E-state index contributed by atoms with van der Waals surface area (Å²) in [6.07, 6.45) is -28.2. The van der Waals surface area contributed by atoms with Crippen LogP contribution in [-0.2, 0) is 79.8 Å². The molecule has 143 heavy (non-hydrogen) atoms. The fourth-order valence-corrected chi connectivity index (χ4v) is 19.0. The van der Waals surface area contributed by atoms with Gasteiger partial charge in [0, 0.05) is 79.9 Å². The molecule has 3 saturated heterocycles. The van der Waals surface area contributed by atoms with Gasteiger partial charge in [-0.1, -0.05) is 94.8 Å². The predicted octanol–water partition coefficient (Wildman–Crippen LogP) is 0.450. The number of rotatable bonds is 35. The molecule has 9 heterocycles. The number of aromatic hydroxyl groups is 3. The molecule has 782 valence electrons. The van der Waals surface area contributed by atoms with E-state index in [2.05, 4.69) is 48.7 Å². The second-order valence-corrected chi connectivity index (χ2v) is 38.6. The van der Waals surface area contributed by atoms with Crippen molar-refractivity contribution in [2.24, 2.45) is 23.0 Å². The second-order valence-electron chi connectivity index (χ2n) is 37.7. The van der Waals surface area contributed by atoms with E-state index in [0.717, 1.165) is 105 Å². The number of Topliss-reactive ketones (excluding diaryl/α,β-unsaturated/α-hetero) is 2. The number of aryl methyl sites for hydroxylation is 2. The Bertz CT molecular complexity index is 5480. The van der Waals surface area contributed by atoms with Crippen LogP contribution < -0.4 is 61.7 Å². The first-order chi connectivity index (χ1) is 68.0. The number of phenolic OH excluding ortho intramolecular Hbond substituents is 3. The van der Waals surface area contributed by atoms with Crippen molar-refractivity contribution in [2.45, 2.75) is 284 Å². The van der Waals surface area contributed by atoms with Crippen LogP contribution in [0.4, 0.5) is 0 Å². The number of ketones is 2. The summed E-state index contributed by atoms with van der Waals surface area (Å²) in [6, 6.07) is 8.21. The molecule has 43 nitrogen and oxygen atoms in total. The third-order valence-corrected chi connectivity index (χ3v) is 27.3. The Balaban J connectivity index is 0.955. The highest BCUT2D eigenvalue weighted by molar-refractivity contribution is 6.32. The molecule has 0 aliphatic carbocycles. The summed E-state index contributed by atoms with van der Waals surface area (Å²) in [5, 5.41) is 209. The molecule has 1 aromatic heterocycles. The molecule has 27 atom stereocenters. The molecule has 11 bridgehead atoms. The van der Waals surface area contributed by atoms with E-state index in [0.29, 0.717) is 12.8 Å². The van der Waals surface area contributed by atoms with Gasteiger partial charge in [0.05, 0.1) is 60.0 Å². The summed E-state index contributed by atoms with van der Waals surface area (Å²) in [7, 11) is 1.48. The molecular weight excluding hydrogens is 1920 g/mol. The number of pyridine rings is 1. The minimum atomic E-state index is -2.53. The zero-order valence-corrected chi connectivity index (χ0v) is 80.9. The standard InChI is InChI=1S/C98H127Cl2N9O34/c1-7-8-9-10-11-12-26-109-27-21-46(22-28-109)20-23-98(5)40-71(136-45(4)89(98)129)141-88-82(125)80(123)69(43-112)140-97(88)143-87-66-34-50-35-67(87)138-65-19-16-49(32-57(65)100)78(121)76-94(134)106-74(93(133)103-24-13-25-104-95(135)84(127)83(126)86(63(118)41-110)142-96-85(128)81(124)79(122)68(42-111)139-96)55-37-52(113)38-60(115)72(55)54-30-47(14-17-59(54)114)53(91(131)108-76)39-62(117)73(50)105-90(130)51(36-70(101)119)33-61(116)75(107-92(132)58(102-6)29-44(2)3)77(120)48-15-18-64(137-66)56(99)31-48/h14-19,21-22,27-28,30-32,34-35,37-38,44-45,51,53,58,63,68-69,71,73-86,88-89,96-97,102,110-112,118,120-129H,7-13,20,23-26,29,33,36,39-43H2,1-6H3,(H10-,101,103,104,105,106,107,108,113,114,115,119,130,131,132,133,134,135)/p+1/t45?,51?,53-,58?,63?,68?,69?,71?,73+,74-,75?,76?,77?,78?,79?,80?,81?,82?,83?,84?,85?,86?,88?,89?,96+,97?,98?/m0/s1. The van der Waals surface area contributed by atoms with Crippen LogP contribution in [0.2, 0.25) is 10.0 Å². The molecule has 14 rings (SSSR count). The number of carbonyl (C=O) groups excluding carboxylic acids is 9. The number of nitrogens with two attached hydrogens (primary N) is 1. The zero-order chi connectivity index (χ0) is 104. The van der Waals surface area contributed by atoms with Crippen LogP contribution in [0.1, 0.15) is 182 Å². The minimum Gasteiger partial charge on any atom is -0.508 e. The number of amides is 7. The normalized spacial score (nSPS) is 28.5. The lowest BCUT2D eigenvalue weighted by Crippen LogP contribution is -2.62. The molecule has 3 fully saturated rings. The van der Waals surface area contributed by atoms with E-state index in [1.165, 1.54) is 32.0 Å². The second kappa shape index (κ2) is 49.6. The topological polar surface area (TPSA) is 685 Å². The number of phenols is 3. The van der Waals surface area contributed by atoms with Gasteiger partial charge >= 0.3 is 0 Å². The monoisotopic (exact) mass is 2040 g/mol. The molecule has 45 heteroatoms. The molecule has 6 aromatic rings. The first-order valence-corrected chi connectivity index (χ1v) is 48.3. The number of aromatic nitrogens is 1. The fraction of sp³-hybridized carbons (Fsp3) is 0.551. The first-order valence-electron chi connectivity index (χ1n) is 47.5. The average molecular weight is 2050 g/mol. The van der Waals surface area contributed by atoms with Gasteiger partial charge in [-0.05, 0) is 140 Å². The van der Waals surface area contributed by atoms with Crippen LogP contribution in [0.15, 0.2) is 103 Å². The highest BCUT2D eigenvalue weighted by Crippen LogP contribution is 2.52. The number of aliphatic hydroxyl groups is 14. The van der Waals surface area contributed by atoms with Gasteiger partial charge in [-0.3, -0.25) is 43.2 Å². The van der Waals surface area contributed by atoms with Gasteiger partial charge in [0.15, 0.2) is 60.2 Å². The van der Waals surface area contributed by atoms with Crippen LogP contribution in [0.3, 0.4) is 0 Å². The van der Waals surface area contributed by atoms with Gasteiger partial charge in [0.2, 0.25) is 47.5 Å². The van der Waals surface area contributed by atoms with Gasteiger partial charge in [-0.2, -0.15) is 0 Å². The zero-order valence-electron chi connectivity index (χ0n) is 79.4. The van der Waals surface area contributed by atoms with E-state index < -0.39 is 337 Å². The van der Waals surface area contributed by atoms with Gasteiger partial charge in [-0.25, -0.2) is 4.57 Å². The minimum absolute atomic E-state index is 0.0623. The summed E-state index contributed by atoms with van der Waals surface area (Å²) in [5.41, 5.74) is 3.12. The van der Waals surface area contributed by atoms with E-state index in [1.54, 1.807) is 6.92 Å². The molecular formula is C98H128Cl2N9O34+. The number of aliphatic hydroxyl groups excluding tert-OH is 14. The average Bonchev–Trinajstić information content (AvgIpc) is 0.771. The molecule has 0 saturated carbocycles. The third kappa shape index (κ3) is 26.7. The number of ether oxygens (including phenoxy) is 8. The molecule has 23 unspecified atom stereocenters. The van der Waals surface area contributed by atoms with Crippen LogP contribution in [0, 0.1) is 17.3 Å². The lowest BCUT2D eigenvalue weighted by Gasteiger charge is -2.48. The maximum Gasteiger partial charge on any atom is 0.251 e. The van der Waals surface area contributed by atoms with Crippen LogP contribution in [0.5, 0.6) is 46.0 Å². The van der Waals surface area contributed by atoms with Crippen molar-refractivity contribution >= 4 is 76.1 Å². The number of nitrogens with one attached hydrogen (secondary N) is 7. The van der Waals surface area contributed by atoms with Crippen molar-refractivity contribution in [1.29, 1.82) is 0 Å². The summed E-state index contributed by atoms with van der Waals surface area (Å²) in [4.78, 5) is 136.